The van der Waals surface area contributed by atoms with E-state index in [2.05, 4.69) is 19.9 Å². The predicted molar refractivity (Wildman–Crippen MR) is 77.0 cm³/mol. The molecule has 0 saturated heterocycles. The quantitative estimate of drug-likeness (QED) is 0.734. The molecule has 1 rings (SSSR count). The summed E-state index contributed by atoms with van der Waals surface area (Å²) in [6.07, 6.45) is -0.328. The van der Waals surface area contributed by atoms with Gasteiger partial charge in [-0.1, -0.05) is 38.1 Å². The molecule has 1 aromatic carbocycles. The molecule has 1 unspecified atom stereocenters. The van der Waals surface area contributed by atoms with E-state index in [1.54, 1.807) is 0 Å². The summed E-state index contributed by atoms with van der Waals surface area (Å²) in [5, 5.41) is 10.4. The van der Waals surface area contributed by atoms with E-state index < -0.39 is 12.4 Å². The van der Waals surface area contributed by atoms with Crippen molar-refractivity contribution in [2.24, 2.45) is 5.92 Å². The third-order valence-corrected chi connectivity index (χ3v) is 2.86. The lowest BCUT2D eigenvalue weighted by molar-refractivity contribution is -0.191. The average Bonchev–Trinajstić information content (AvgIpc) is 2.37. The second kappa shape index (κ2) is 8.31. The minimum Gasteiger partial charge on any atom is -0.383 e. The van der Waals surface area contributed by atoms with E-state index in [4.69, 9.17) is 9.47 Å². The molecule has 0 aliphatic rings. The zero-order valence-corrected chi connectivity index (χ0v) is 12.4. The van der Waals surface area contributed by atoms with Gasteiger partial charge in [0.25, 0.3) is 0 Å². The lowest BCUT2D eigenvalue weighted by Gasteiger charge is -2.23. The summed E-state index contributed by atoms with van der Waals surface area (Å²) in [6, 6.07) is 8.02. The molecule has 3 heteroatoms. The summed E-state index contributed by atoms with van der Waals surface area (Å²) in [6.45, 7) is 9.21. The van der Waals surface area contributed by atoms with Gasteiger partial charge in [0, 0.05) is 13.2 Å². The largest absolute Gasteiger partial charge is 0.383 e. The van der Waals surface area contributed by atoms with Crippen LogP contribution in [0.15, 0.2) is 24.3 Å². The fraction of sp³-hybridized carbons (Fsp3) is 0.625. The maximum atomic E-state index is 10.4. The SMILES string of the molecule is CCOC(OCC)C(O)c1cccc(CC(C)C)c1. The van der Waals surface area contributed by atoms with Crippen molar-refractivity contribution < 1.29 is 14.6 Å². The summed E-state index contributed by atoms with van der Waals surface area (Å²) in [7, 11) is 0. The van der Waals surface area contributed by atoms with Crippen LogP contribution in [-0.4, -0.2) is 24.6 Å². The van der Waals surface area contributed by atoms with Gasteiger partial charge in [-0.3, -0.25) is 0 Å². The fourth-order valence-corrected chi connectivity index (χ4v) is 2.09. The molecule has 0 aromatic heterocycles. The second-order valence-corrected chi connectivity index (χ2v) is 5.07. The molecule has 1 N–H and O–H groups in total. The van der Waals surface area contributed by atoms with Crippen LogP contribution in [0.25, 0.3) is 0 Å². The first-order chi connectivity index (χ1) is 9.08. The smallest absolute Gasteiger partial charge is 0.187 e. The van der Waals surface area contributed by atoms with Crippen molar-refractivity contribution in [3.8, 4) is 0 Å². The van der Waals surface area contributed by atoms with Crippen molar-refractivity contribution >= 4 is 0 Å². The minimum absolute atomic E-state index is 0.521. The Bertz CT molecular complexity index is 357. The summed E-state index contributed by atoms with van der Waals surface area (Å²) < 4.78 is 10.9. The van der Waals surface area contributed by atoms with Crippen LogP contribution in [0.1, 0.15) is 44.9 Å². The molecule has 0 saturated carbocycles. The molecular formula is C16H26O3. The summed E-state index contributed by atoms with van der Waals surface area (Å²) in [5.74, 6) is 0.599. The van der Waals surface area contributed by atoms with Crippen LogP contribution in [0.4, 0.5) is 0 Å². The summed E-state index contributed by atoms with van der Waals surface area (Å²) in [5.41, 5.74) is 2.09. The molecule has 0 aliphatic heterocycles. The van der Waals surface area contributed by atoms with Gasteiger partial charge in [-0.2, -0.15) is 0 Å². The first kappa shape index (κ1) is 16.2. The number of aliphatic hydroxyl groups excluding tert-OH is 1. The standard InChI is InChI=1S/C16H26O3/c1-5-18-16(19-6-2)15(17)14-9-7-8-13(11-14)10-12(3)4/h7-9,11-12,15-17H,5-6,10H2,1-4H3. The van der Waals surface area contributed by atoms with Crippen molar-refractivity contribution in [3.05, 3.63) is 35.4 Å². The maximum absolute atomic E-state index is 10.4. The van der Waals surface area contributed by atoms with Gasteiger partial charge in [-0.15, -0.1) is 0 Å². The highest BCUT2D eigenvalue weighted by atomic mass is 16.7. The highest BCUT2D eigenvalue weighted by Crippen LogP contribution is 2.22. The van der Waals surface area contributed by atoms with Crippen molar-refractivity contribution in [1.29, 1.82) is 0 Å². The number of hydrogen-bond donors (Lipinski definition) is 1. The lowest BCUT2D eigenvalue weighted by atomic mass is 9.99. The van der Waals surface area contributed by atoms with Crippen LogP contribution < -0.4 is 0 Å². The van der Waals surface area contributed by atoms with E-state index in [1.165, 1.54) is 5.56 Å². The summed E-state index contributed by atoms with van der Waals surface area (Å²) in [4.78, 5) is 0. The Morgan fingerprint density at radius 1 is 1.11 bits per heavy atom. The number of rotatable bonds is 8. The van der Waals surface area contributed by atoms with E-state index in [1.807, 2.05) is 32.0 Å². The Labute approximate surface area is 116 Å². The first-order valence-corrected chi connectivity index (χ1v) is 7.08. The highest BCUT2D eigenvalue weighted by Gasteiger charge is 2.21. The van der Waals surface area contributed by atoms with Gasteiger partial charge in [0.2, 0.25) is 0 Å². The average molecular weight is 266 g/mol. The summed E-state index contributed by atoms with van der Waals surface area (Å²) >= 11 is 0. The molecule has 0 heterocycles. The van der Waals surface area contributed by atoms with E-state index in [0.717, 1.165) is 12.0 Å². The Morgan fingerprint density at radius 3 is 2.26 bits per heavy atom. The third kappa shape index (κ3) is 5.31. The molecule has 0 spiro atoms. The fourth-order valence-electron chi connectivity index (χ4n) is 2.09. The van der Waals surface area contributed by atoms with Crippen molar-refractivity contribution in [3.63, 3.8) is 0 Å². The highest BCUT2D eigenvalue weighted by molar-refractivity contribution is 5.25. The molecule has 0 fully saturated rings. The molecular weight excluding hydrogens is 240 g/mol. The topological polar surface area (TPSA) is 38.7 Å². The van der Waals surface area contributed by atoms with Crippen molar-refractivity contribution in [2.75, 3.05) is 13.2 Å². The lowest BCUT2D eigenvalue weighted by Crippen LogP contribution is -2.25. The molecule has 3 nitrogen and oxygen atoms in total. The zero-order chi connectivity index (χ0) is 14.3. The van der Waals surface area contributed by atoms with Gasteiger partial charge in [0.15, 0.2) is 6.29 Å². The predicted octanol–water partition coefficient (Wildman–Crippen LogP) is 3.32. The Hall–Kier alpha value is -0.900. The van der Waals surface area contributed by atoms with Gasteiger partial charge in [0.05, 0.1) is 0 Å². The Morgan fingerprint density at radius 2 is 1.74 bits per heavy atom. The van der Waals surface area contributed by atoms with E-state index in [0.29, 0.717) is 19.1 Å². The van der Waals surface area contributed by atoms with Crippen molar-refractivity contribution in [2.45, 2.75) is 46.5 Å². The van der Waals surface area contributed by atoms with Crippen LogP contribution in [0.3, 0.4) is 0 Å². The van der Waals surface area contributed by atoms with Gasteiger partial charge in [-0.05, 0) is 37.3 Å². The van der Waals surface area contributed by atoms with Crippen LogP contribution in [0.2, 0.25) is 0 Å². The van der Waals surface area contributed by atoms with Gasteiger partial charge in [0.1, 0.15) is 6.10 Å². The van der Waals surface area contributed by atoms with Gasteiger partial charge in [-0.25, -0.2) is 0 Å². The van der Waals surface area contributed by atoms with E-state index in [9.17, 15) is 5.11 Å². The van der Waals surface area contributed by atoms with E-state index >= 15 is 0 Å². The molecule has 108 valence electrons. The second-order valence-electron chi connectivity index (χ2n) is 5.07. The first-order valence-electron chi connectivity index (χ1n) is 7.08. The minimum atomic E-state index is -0.744. The normalized spacial score (nSPS) is 13.2. The van der Waals surface area contributed by atoms with Crippen molar-refractivity contribution in [1.82, 2.24) is 0 Å². The molecule has 0 bridgehead atoms. The van der Waals surface area contributed by atoms with E-state index in [-0.39, 0.29) is 0 Å². The maximum Gasteiger partial charge on any atom is 0.187 e. The zero-order valence-electron chi connectivity index (χ0n) is 12.4. The molecule has 0 aliphatic carbocycles. The number of benzene rings is 1. The number of aliphatic hydroxyl groups is 1. The number of ether oxygens (including phenoxy) is 2. The van der Waals surface area contributed by atoms with Gasteiger partial charge >= 0.3 is 0 Å². The Balaban J connectivity index is 2.81. The monoisotopic (exact) mass is 266 g/mol. The molecule has 0 amide bonds. The number of hydrogen-bond acceptors (Lipinski definition) is 3. The van der Waals surface area contributed by atoms with Crippen LogP contribution in [-0.2, 0) is 15.9 Å². The molecule has 19 heavy (non-hydrogen) atoms. The molecule has 1 aromatic rings. The van der Waals surface area contributed by atoms with Crippen LogP contribution in [0, 0.1) is 5.92 Å². The Kier molecular flexibility index (Phi) is 7.06. The van der Waals surface area contributed by atoms with Gasteiger partial charge < -0.3 is 14.6 Å². The van der Waals surface area contributed by atoms with Crippen LogP contribution in [0.5, 0.6) is 0 Å². The van der Waals surface area contributed by atoms with Crippen LogP contribution >= 0.6 is 0 Å². The molecule has 1 atom stereocenters. The third-order valence-electron chi connectivity index (χ3n) is 2.86. The molecule has 0 radical (unpaired) electrons.